The van der Waals surface area contributed by atoms with E-state index in [1.165, 1.54) is 6.33 Å². The number of ether oxygens (including phenoxy) is 1. The van der Waals surface area contributed by atoms with E-state index in [4.69, 9.17) is 4.74 Å². The number of aliphatic hydroxyl groups is 1. The molecule has 1 unspecified atom stereocenters. The van der Waals surface area contributed by atoms with E-state index >= 15 is 0 Å². The number of halogens is 1. The molecular formula is C19H19IN4O3. The van der Waals surface area contributed by atoms with Gasteiger partial charge in [-0.25, -0.2) is 9.97 Å². The lowest BCUT2D eigenvalue weighted by molar-refractivity contribution is -0.0181. The van der Waals surface area contributed by atoms with Gasteiger partial charge in [0.05, 0.1) is 17.6 Å². The number of benzene rings is 1. The van der Waals surface area contributed by atoms with Crippen molar-refractivity contribution < 1.29 is 14.6 Å². The van der Waals surface area contributed by atoms with E-state index in [2.05, 4.69) is 37.9 Å². The maximum absolute atomic E-state index is 12.5. The van der Waals surface area contributed by atoms with Crippen LogP contribution in [0.1, 0.15) is 36.4 Å². The monoisotopic (exact) mass is 478 g/mol. The Morgan fingerprint density at radius 1 is 1.37 bits per heavy atom. The zero-order chi connectivity index (χ0) is 19.0. The summed E-state index contributed by atoms with van der Waals surface area (Å²) in [5.41, 5.74) is 1.23. The molecule has 0 aliphatic carbocycles. The average molecular weight is 478 g/mol. The number of aliphatic hydroxyl groups excluding tert-OH is 1. The number of hydrogen-bond donors (Lipinski definition) is 2. The summed E-state index contributed by atoms with van der Waals surface area (Å²) in [5, 5.41) is 13.8. The van der Waals surface area contributed by atoms with Crippen molar-refractivity contribution in [3.05, 3.63) is 52.0 Å². The molecule has 1 aliphatic rings. The summed E-state index contributed by atoms with van der Waals surface area (Å²) in [4.78, 5) is 21.2. The Morgan fingerprint density at radius 2 is 2.15 bits per heavy atom. The van der Waals surface area contributed by atoms with E-state index in [-0.39, 0.29) is 18.2 Å². The van der Waals surface area contributed by atoms with Crippen molar-refractivity contribution in [3.63, 3.8) is 0 Å². The molecule has 1 aliphatic heterocycles. The van der Waals surface area contributed by atoms with Crippen LogP contribution in [0.3, 0.4) is 0 Å². The number of fused-ring (bicyclic) bond motifs is 1. The SMILES string of the molecule is CC[C@H]1O[C@@H](n2cc(I)c3c(NC(=O)c4ccccc4)ncnc32)CC1O. The van der Waals surface area contributed by atoms with E-state index in [0.29, 0.717) is 23.4 Å². The van der Waals surface area contributed by atoms with E-state index in [9.17, 15) is 9.90 Å². The summed E-state index contributed by atoms with van der Waals surface area (Å²) in [6.07, 6.45) is 3.66. The molecule has 140 valence electrons. The first kappa shape index (κ1) is 18.3. The first-order valence-electron chi connectivity index (χ1n) is 8.79. The summed E-state index contributed by atoms with van der Waals surface area (Å²) < 4.78 is 8.80. The van der Waals surface area contributed by atoms with Gasteiger partial charge in [-0.2, -0.15) is 0 Å². The third-order valence-electron chi connectivity index (χ3n) is 4.75. The number of hydrogen-bond acceptors (Lipinski definition) is 5. The molecule has 2 aromatic heterocycles. The third-order valence-corrected chi connectivity index (χ3v) is 5.57. The van der Waals surface area contributed by atoms with Crippen LogP contribution in [0.2, 0.25) is 0 Å². The minimum atomic E-state index is -0.491. The van der Waals surface area contributed by atoms with Crippen LogP contribution in [0.25, 0.3) is 11.0 Å². The van der Waals surface area contributed by atoms with E-state index in [1.807, 2.05) is 35.9 Å². The molecule has 0 bridgehead atoms. The highest BCUT2D eigenvalue weighted by Crippen LogP contribution is 2.36. The molecule has 1 aromatic carbocycles. The molecule has 0 radical (unpaired) electrons. The molecule has 2 N–H and O–H groups in total. The Labute approximate surface area is 169 Å². The highest BCUT2D eigenvalue weighted by atomic mass is 127. The van der Waals surface area contributed by atoms with E-state index in [0.717, 1.165) is 15.4 Å². The fourth-order valence-electron chi connectivity index (χ4n) is 3.38. The highest BCUT2D eigenvalue weighted by molar-refractivity contribution is 14.1. The van der Waals surface area contributed by atoms with Crippen molar-refractivity contribution in [3.8, 4) is 0 Å². The van der Waals surface area contributed by atoms with Gasteiger partial charge in [0.15, 0.2) is 0 Å². The van der Waals surface area contributed by atoms with Crippen LogP contribution in [0.4, 0.5) is 5.82 Å². The Bertz CT molecular complexity index is 976. The normalized spacial score (nSPS) is 22.3. The Balaban J connectivity index is 1.68. The second kappa shape index (κ2) is 7.53. The van der Waals surface area contributed by atoms with Gasteiger partial charge in [-0.15, -0.1) is 0 Å². The minimum Gasteiger partial charge on any atom is -0.390 e. The van der Waals surface area contributed by atoms with Gasteiger partial charge >= 0.3 is 0 Å². The predicted octanol–water partition coefficient (Wildman–Crippen LogP) is 3.35. The van der Waals surface area contributed by atoms with Crippen LogP contribution in [0, 0.1) is 3.57 Å². The molecule has 27 heavy (non-hydrogen) atoms. The average Bonchev–Trinajstić information content (AvgIpc) is 3.23. The van der Waals surface area contributed by atoms with Crippen molar-refractivity contribution in [2.45, 2.75) is 38.2 Å². The molecule has 0 saturated carbocycles. The van der Waals surface area contributed by atoms with Gasteiger partial charge in [-0.1, -0.05) is 25.1 Å². The summed E-state index contributed by atoms with van der Waals surface area (Å²) >= 11 is 2.20. The van der Waals surface area contributed by atoms with E-state index < -0.39 is 6.10 Å². The zero-order valence-corrected chi connectivity index (χ0v) is 16.8. The molecule has 1 saturated heterocycles. The summed E-state index contributed by atoms with van der Waals surface area (Å²) in [6, 6.07) is 9.00. The van der Waals surface area contributed by atoms with Crippen LogP contribution < -0.4 is 5.32 Å². The molecule has 1 fully saturated rings. The topological polar surface area (TPSA) is 89.3 Å². The lowest BCUT2D eigenvalue weighted by Gasteiger charge is -2.14. The maximum Gasteiger partial charge on any atom is 0.256 e. The first-order chi connectivity index (χ1) is 13.1. The van der Waals surface area contributed by atoms with Gasteiger partial charge in [-0.05, 0) is 41.1 Å². The molecular weight excluding hydrogens is 459 g/mol. The lowest BCUT2D eigenvalue weighted by Crippen LogP contribution is -2.19. The van der Waals surface area contributed by atoms with Gasteiger partial charge < -0.3 is 19.7 Å². The number of aromatic nitrogens is 3. The third kappa shape index (κ3) is 3.44. The second-order valence-corrected chi connectivity index (χ2v) is 7.63. The van der Waals surface area contributed by atoms with Crippen molar-refractivity contribution >= 4 is 45.3 Å². The fourth-order valence-corrected chi connectivity index (χ4v) is 4.17. The van der Waals surface area contributed by atoms with Crippen molar-refractivity contribution in [1.29, 1.82) is 0 Å². The molecule has 3 aromatic rings. The minimum absolute atomic E-state index is 0.177. The molecule has 1 amide bonds. The van der Waals surface area contributed by atoms with Crippen LogP contribution in [-0.2, 0) is 4.74 Å². The van der Waals surface area contributed by atoms with Crippen LogP contribution in [-0.4, -0.2) is 37.8 Å². The second-order valence-electron chi connectivity index (χ2n) is 6.47. The fraction of sp³-hybridized carbons (Fsp3) is 0.316. The molecule has 3 atom stereocenters. The van der Waals surface area contributed by atoms with Crippen molar-refractivity contribution in [2.24, 2.45) is 0 Å². The van der Waals surface area contributed by atoms with E-state index in [1.54, 1.807) is 12.1 Å². The van der Waals surface area contributed by atoms with Gasteiger partial charge in [0.1, 0.15) is 24.0 Å². The molecule has 4 rings (SSSR count). The first-order valence-corrected chi connectivity index (χ1v) is 9.87. The van der Waals surface area contributed by atoms with Gasteiger partial charge in [0.2, 0.25) is 0 Å². The Hall–Kier alpha value is -2.04. The smallest absolute Gasteiger partial charge is 0.256 e. The van der Waals surface area contributed by atoms with Gasteiger partial charge in [-0.3, -0.25) is 4.79 Å². The predicted molar refractivity (Wildman–Crippen MR) is 109 cm³/mol. The van der Waals surface area contributed by atoms with Crippen LogP contribution >= 0.6 is 22.6 Å². The van der Waals surface area contributed by atoms with Gasteiger partial charge in [0, 0.05) is 21.8 Å². The summed E-state index contributed by atoms with van der Waals surface area (Å²) in [5.74, 6) is 0.236. The summed E-state index contributed by atoms with van der Waals surface area (Å²) in [7, 11) is 0. The van der Waals surface area contributed by atoms with Gasteiger partial charge in [0.25, 0.3) is 5.91 Å². The van der Waals surface area contributed by atoms with Crippen molar-refractivity contribution in [2.75, 3.05) is 5.32 Å². The number of carbonyl (C=O) groups is 1. The number of amides is 1. The Kier molecular flexibility index (Phi) is 5.11. The quantitative estimate of drug-likeness (QED) is 0.562. The molecule has 0 spiro atoms. The van der Waals surface area contributed by atoms with Crippen molar-refractivity contribution in [1.82, 2.24) is 14.5 Å². The zero-order valence-electron chi connectivity index (χ0n) is 14.7. The highest BCUT2D eigenvalue weighted by Gasteiger charge is 2.35. The number of rotatable bonds is 4. The number of nitrogens with zero attached hydrogens (tertiary/aromatic N) is 3. The molecule has 3 heterocycles. The standard InChI is InChI=1S/C19H19IN4O3/c1-2-14-13(25)8-15(27-14)24-9-12(20)16-17(21-10-22-18(16)24)23-19(26)11-6-4-3-5-7-11/h3-7,9-10,13-15,25H,2,8H2,1H3,(H,21,22,23,26)/t13?,14-,15-/m1/s1. The largest absolute Gasteiger partial charge is 0.390 e. The Morgan fingerprint density at radius 3 is 2.85 bits per heavy atom. The maximum atomic E-state index is 12.5. The molecule has 8 heteroatoms. The molecule has 7 nitrogen and oxygen atoms in total. The van der Waals surface area contributed by atoms with Crippen LogP contribution in [0.15, 0.2) is 42.9 Å². The number of nitrogens with one attached hydrogen (secondary N) is 1. The number of carbonyl (C=O) groups excluding carboxylic acids is 1. The van der Waals surface area contributed by atoms with Crippen LogP contribution in [0.5, 0.6) is 0 Å². The summed E-state index contributed by atoms with van der Waals surface area (Å²) in [6.45, 7) is 1.99. The number of anilines is 1. The lowest BCUT2D eigenvalue weighted by atomic mass is 10.1.